The Balaban J connectivity index is 1.68. The molecule has 1 aromatic heterocycles. The number of thiophene rings is 1. The first-order valence-corrected chi connectivity index (χ1v) is 12.3. The molecule has 0 saturated carbocycles. The minimum absolute atomic E-state index is 0.0344. The van der Waals surface area contributed by atoms with Crippen LogP contribution >= 0.6 is 34.5 Å². The predicted molar refractivity (Wildman–Crippen MR) is 117 cm³/mol. The third-order valence-corrected chi connectivity index (χ3v) is 7.74. The van der Waals surface area contributed by atoms with E-state index in [4.69, 9.17) is 23.2 Å². The van der Waals surface area contributed by atoms with Crippen molar-refractivity contribution in [1.82, 2.24) is 14.5 Å². The summed E-state index contributed by atoms with van der Waals surface area (Å²) in [6.45, 7) is 6.84. The Hall–Kier alpha value is -1.16. The average Bonchev–Trinajstić information content (AvgIpc) is 3.05. The van der Waals surface area contributed by atoms with Gasteiger partial charge in [-0.15, -0.1) is 11.3 Å². The number of amides is 1. The minimum atomic E-state index is -3.70. The van der Waals surface area contributed by atoms with Crippen molar-refractivity contribution in [1.29, 1.82) is 0 Å². The van der Waals surface area contributed by atoms with Gasteiger partial charge in [0.25, 0.3) is 5.91 Å². The Morgan fingerprint density at radius 2 is 1.83 bits per heavy atom. The van der Waals surface area contributed by atoms with Gasteiger partial charge in [0.1, 0.15) is 0 Å². The topological polar surface area (TPSA) is 69.7 Å². The van der Waals surface area contributed by atoms with Crippen LogP contribution in [-0.2, 0) is 16.6 Å². The molecule has 2 aromatic rings. The zero-order valence-electron chi connectivity index (χ0n) is 16.2. The van der Waals surface area contributed by atoms with Crippen molar-refractivity contribution in [3.63, 3.8) is 0 Å². The van der Waals surface area contributed by atoms with Gasteiger partial charge in [-0.05, 0) is 44.2 Å². The van der Waals surface area contributed by atoms with Gasteiger partial charge in [0.05, 0.1) is 19.8 Å². The number of carbonyl (C=O) groups excluding carboxylic acids is 1. The molecule has 0 spiro atoms. The molecule has 0 bridgehead atoms. The molecule has 0 atom stereocenters. The van der Waals surface area contributed by atoms with Gasteiger partial charge in [0, 0.05) is 43.6 Å². The van der Waals surface area contributed by atoms with Crippen LogP contribution in [0.4, 0.5) is 0 Å². The molecule has 1 aromatic carbocycles. The quantitative estimate of drug-likeness (QED) is 0.691. The zero-order chi connectivity index (χ0) is 21.2. The molecular weight excluding hydrogens is 453 g/mol. The summed E-state index contributed by atoms with van der Waals surface area (Å²) in [6.07, 6.45) is 0. The van der Waals surface area contributed by atoms with Crippen LogP contribution in [0.25, 0.3) is 0 Å². The van der Waals surface area contributed by atoms with E-state index in [0.29, 0.717) is 13.1 Å². The summed E-state index contributed by atoms with van der Waals surface area (Å²) in [5.74, 6) is -0.254. The lowest BCUT2D eigenvalue weighted by atomic mass is 10.1. The molecule has 0 radical (unpaired) electrons. The lowest BCUT2D eigenvalue weighted by Crippen LogP contribution is -2.48. The van der Waals surface area contributed by atoms with Crippen molar-refractivity contribution in [2.75, 3.05) is 26.2 Å². The first-order valence-electron chi connectivity index (χ1n) is 9.23. The summed E-state index contributed by atoms with van der Waals surface area (Å²) in [7, 11) is -3.70. The van der Waals surface area contributed by atoms with Gasteiger partial charge in [-0.1, -0.05) is 23.2 Å². The molecule has 0 aliphatic carbocycles. The van der Waals surface area contributed by atoms with E-state index in [1.54, 1.807) is 30.1 Å². The maximum absolute atomic E-state index is 13.0. The van der Waals surface area contributed by atoms with Gasteiger partial charge in [-0.3, -0.25) is 9.69 Å². The fraction of sp³-hybridized carbons (Fsp3) is 0.421. The van der Waals surface area contributed by atoms with E-state index in [1.807, 2.05) is 12.1 Å². The van der Waals surface area contributed by atoms with Crippen molar-refractivity contribution in [3.05, 3.63) is 50.1 Å². The lowest BCUT2D eigenvalue weighted by molar-refractivity contribution is 0.0629. The molecule has 1 amide bonds. The second-order valence-corrected chi connectivity index (χ2v) is 11.1. The largest absolute Gasteiger partial charge is 0.336 e. The average molecular weight is 476 g/mol. The van der Waals surface area contributed by atoms with E-state index in [2.05, 4.69) is 9.62 Å². The minimum Gasteiger partial charge on any atom is -0.336 e. The van der Waals surface area contributed by atoms with Gasteiger partial charge < -0.3 is 4.90 Å². The second-order valence-electron chi connectivity index (χ2n) is 7.19. The molecule has 6 nitrogen and oxygen atoms in total. The van der Waals surface area contributed by atoms with Crippen LogP contribution < -0.4 is 4.72 Å². The highest BCUT2D eigenvalue weighted by Gasteiger charge is 2.26. The van der Waals surface area contributed by atoms with Gasteiger partial charge in [0.2, 0.25) is 10.0 Å². The lowest BCUT2D eigenvalue weighted by Gasteiger charge is -2.34. The maximum atomic E-state index is 13.0. The Kier molecular flexibility index (Phi) is 7.24. The first-order chi connectivity index (χ1) is 13.7. The summed E-state index contributed by atoms with van der Waals surface area (Å²) in [6, 6.07) is 7.88. The summed E-state index contributed by atoms with van der Waals surface area (Å²) in [5, 5.41) is 0.245. The molecule has 1 aliphatic rings. The molecular formula is C19H23Cl2N3O3S2. The van der Waals surface area contributed by atoms with Crippen LogP contribution in [0.3, 0.4) is 0 Å². The van der Waals surface area contributed by atoms with Crippen molar-refractivity contribution in [2.45, 2.75) is 31.3 Å². The van der Waals surface area contributed by atoms with Crippen LogP contribution in [0.1, 0.15) is 29.1 Å². The van der Waals surface area contributed by atoms with E-state index in [-0.39, 0.29) is 27.4 Å². The third-order valence-electron chi connectivity index (χ3n) is 4.54. The summed E-state index contributed by atoms with van der Waals surface area (Å²) in [4.78, 5) is 18.2. The van der Waals surface area contributed by atoms with Gasteiger partial charge in [-0.25, -0.2) is 13.1 Å². The number of rotatable bonds is 6. The van der Waals surface area contributed by atoms with Crippen LogP contribution in [0, 0.1) is 0 Å². The smallest absolute Gasteiger partial charge is 0.255 e. The summed E-state index contributed by atoms with van der Waals surface area (Å²) in [5.41, 5.74) is 0.205. The molecule has 1 N–H and O–H groups in total. The SMILES string of the molecule is CC(C)NS(=O)(=O)c1ccc(Cl)c(C(=O)N2CCN(Cc3ccc(Cl)s3)CC2)c1. The molecule has 29 heavy (non-hydrogen) atoms. The van der Waals surface area contributed by atoms with E-state index < -0.39 is 10.0 Å². The maximum Gasteiger partial charge on any atom is 0.255 e. The highest BCUT2D eigenvalue weighted by Crippen LogP contribution is 2.25. The second kappa shape index (κ2) is 9.32. The number of carbonyl (C=O) groups is 1. The number of nitrogens with zero attached hydrogens (tertiary/aromatic N) is 2. The highest BCUT2D eigenvalue weighted by molar-refractivity contribution is 7.89. The number of halogens is 2. The number of hydrogen-bond acceptors (Lipinski definition) is 5. The Morgan fingerprint density at radius 1 is 1.14 bits per heavy atom. The fourth-order valence-electron chi connectivity index (χ4n) is 3.15. The van der Waals surface area contributed by atoms with Crippen LogP contribution in [0.15, 0.2) is 35.2 Å². The van der Waals surface area contributed by atoms with Gasteiger partial charge in [-0.2, -0.15) is 0 Å². The molecule has 1 saturated heterocycles. The van der Waals surface area contributed by atoms with Crippen LogP contribution in [-0.4, -0.2) is 56.3 Å². The van der Waals surface area contributed by atoms with Gasteiger partial charge >= 0.3 is 0 Å². The van der Waals surface area contributed by atoms with Gasteiger partial charge in [0.15, 0.2) is 0 Å². The van der Waals surface area contributed by atoms with Crippen molar-refractivity contribution in [3.8, 4) is 0 Å². The normalized spacial score (nSPS) is 15.8. The molecule has 158 valence electrons. The standard InChI is InChI=1S/C19H23Cl2N3O3S2/c1-13(2)22-29(26,27)15-4-5-17(20)16(11-15)19(25)24-9-7-23(8-10-24)12-14-3-6-18(21)28-14/h3-6,11,13,22H,7-10,12H2,1-2H3. The Bertz CT molecular complexity index is 984. The highest BCUT2D eigenvalue weighted by atomic mass is 35.5. The zero-order valence-corrected chi connectivity index (χ0v) is 19.3. The van der Waals surface area contributed by atoms with Crippen LogP contribution in [0.5, 0.6) is 0 Å². The van der Waals surface area contributed by atoms with Crippen molar-refractivity contribution in [2.24, 2.45) is 0 Å². The molecule has 2 heterocycles. The number of benzene rings is 1. The van der Waals surface area contributed by atoms with Crippen molar-refractivity contribution < 1.29 is 13.2 Å². The Labute approximate surface area is 185 Å². The molecule has 1 fully saturated rings. The van der Waals surface area contributed by atoms with E-state index in [9.17, 15) is 13.2 Å². The van der Waals surface area contributed by atoms with Crippen molar-refractivity contribution >= 4 is 50.5 Å². The molecule has 1 aliphatic heterocycles. The number of nitrogens with one attached hydrogen (secondary N) is 1. The molecule has 0 unspecified atom stereocenters. The first kappa shape index (κ1) is 22.5. The third kappa shape index (κ3) is 5.71. The molecule has 10 heteroatoms. The predicted octanol–water partition coefficient (Wildman–Crippen LogP) is 3.70. The van der Waals surface area contributed by atoms with E-state index >= 15 is 0 Å². The monoisotopic (exact) mass is 475 g/mol. The summed E-state index contributed by atoms with van der Waals surface area (Å²) < 4.78 is 28.1. The van der Waals surface area contributed by atoms with Crippen LogP contribution in [0.2, 0.25) is 9.36 Å². The fourth-order valence-corrected chi connectivity index (χ4v) is 5.76. The molecule has 3 rings (SSSR count). The number of hydrogen-bond donors (Lipinski definition) is 1. The van der Waals surface area contributed by atoms with E-state index in [0.717, 1.165) is 24.0 Å². The Morgan fingerprint density at radius 3 is 2.41 bits per heavy atom. The van der Waals surface area contributed by atoms with E-state index in [1.165, 1.54) is 23.1 Å². The summed E-state index contributed by atoms with van der Waals surface area (Å²) >= 11 is 13.8. The number of sulfonamides is 1. The number of piperazine rings is 1.